The average molecular weight is 122 g/mol. The zero-order valence-corrected chi connectivity index (χ0v) is 5.54. The van der Waals surface area contributed by atoms with E-state index in [-0.39, 0.29) is 0 Å². The Balaban J connectivity index is 2.69. The van der Waals surface area contributed by atoms with Gasteiger partial charge < -0.3 is 4.90 Å². The second-order valence-electron chi connectivity index (χ2n) is 2.02. The Hall–Kier alpha value is -1.05. The summed E-state index contributed by atoms with van der Waals surface area (Å²) in [6, 6.07) is 0. The number of aliphatic imine (C=N–C) groups is 1. The average Bonchev–Trinajstić information content (AvgIpc) is 1.99. The molecule has 0 atom stereocenters. The highest BCUT2D eigenvalue weighted by Gasteiger charge is 1.96. The lowest BCUT2D eigenvalue weighted by Crippen LogP contribution is -2.14. The van der Waals surface area contributed by atoms with E-state index >= 15 is 0 Å². The van der Waals surface area contributed by atoms with Crippen molar-refractivity contribution in [2.75, 3.05) is 13.7 Å². The van der Waals surface area contributed by atoms with Crippen molar-refractivity contribution < 1.29 is 0 Å². The monoisotopic (exact) mass is 122 g/mol. The third-order valence-corrected chi connectivity index (χ3v) is 1.26. The Labute approximate surface area is 55.2 Å². The van der Waals surface area contributed by atoms with Crippen LogP contribution in [-0.2, 0) is 0 Å². The molecular weight excluding hydrogens is 112 g/mol. The van der Waals surface area contributed by atoms with Crippen LogP contribution in [0.2, 0.25) is 0 Å². The van der Waals surface area contributed by atoms with Crippen LogP contribution in [0.4, 0.5) is 0 Å². The molecule has 0 N–H and O–H groups in total. The minimum Gasteiger partial charge on any atom is -0.356 e. The summed E-state index contributed by atoms with van der Waals surface area (Å²) in [7, 11) is 1.97. The molecule has 0 aliphatic carbocycles. The highest BCUT2D eigenvalue weighted by Crippen LogP contribution is 2.01. The molecule has 1 aliphatic heterocycles. The van der Waals surface area contributed by atoms with Gasteiger partial charge in [0, 0.05) is 19.0 Å². The standard InChI is InChI=1S/C7H10N2/c1-7-4-3-5-8-6-9(7)2/h3-5H,1,6H2,2H3. The van der Waals surface area contributed by atoms with Crippen molar-refractivity contribution in [1.29, 1.82) is 0 Å². The summed E-state index contributed by atoms with van der Waals surface area (Å²) in [6.45, 7) is 4.53. The van der Waals surface area contributed by atoms with Crippen LogP contribution in [0, 0.1) is 0 Å². The van der Waals surface area contributed by atoms with Crippen LogP contribution in [0.5, 0.6) is 0 Å². The van der Waals surface area contributed by atoms with Gasteiger partial charge in [-0.05, 0) is 12.2 Å². The largest absolute Gasteiger partial charge is 0.356 e. The van der Waals surface area contributed by atoms with Crippen molar-refractivity contribution in [2.45, 2.75) is 0 Å². The van der Waals surface area contributed by atoms with E-state index < -0.39 is 0 Å². The van der Waals surface area contributed by atoms with Gasteiger partial charge in [-0.15, -0.1) is 0 Å². The molecule has 0 fully saturated rings. The molecule has 0 unspecified atom stereocenters. The molecule has 1 aliphatic rings. The maximum atomic E-state index is 4.06. The van der Waals surface area contributed by atoms with Gasteiger partial charge in [0.05, 0.1) is 0 Å². The molecule has 48 valence electrons. The highest BCUT2D eigenvalue weighted by atomic mass is 15.2. The van der Waals surface area contributed by atoms with Gasteiger partial charge in [-0.3, -0.25) is 4.99 Å². The molecule has 0 aromatic carbocycles. The number of allylic oxidation sites excluding steroid dienone is 2. The van der Waals surface area contributed by atoms with Crippen LogP contribution >= 0.6 is 0 Å². The van der Waals surface area contributed by atoms with Crippen molar-refractivity contribution in [1.82, 2.24) is 4.90 Å². The first-order valence-electron chi connectivity index (χ1n) is 2.87. The van der Waals surface area contributed by atoms with E-state index in [0.717, 1.165) is 5.70 Å². The normalized spacial score (nSPS) is 18.3. The minimum atomic E-state index is 0.714. The molecule has 0 aromatic rings. The van der Waals surface area contributed by atoms with E-state index in [1.807, 2.05) is 24.1 Å². The van der Waals surface area contributed by atoms with Crippen LogP contribution in [0.25, 0.3) is 0 Å². The lowest BCUT2D eigenvalue weighted by atomic mass is 10.4. The van der Waals surface area contributed by atoms with Crippen molar-refractivity contribution in [3.8, 4) is 0 Å². The molecule has 0 bridgehead atoms. The van der Waals surface area contributed by atoms with Crippen LogP contribution in [-0.4, -0.2) is 24.8 Å². The summed E-state index contributed by atoms with van der Waals surface area (Å²) in [4.78, 5) is 6.04. The summed E-state index contributed by atoms with van der Waals surface area (Å²) < 4.78 is 0. The summed E-state index contributed by atoms with van der Waals surface area (Å²) in [5.41, 5.74) is 1.01. The number of likely N-dealkylation sites (N-methyl/N-ethyl adjacent to an activating group) is 1. The van der Waals surface area contributed by atoms with E-state index in [9.17, 15) is 0 Å². The predicted octanol–water partition coefficient (Wildman–Crippen LogP) is 1.03. The maximum Gasteiger partial charge on any atom is 0.109 e. The molecule has 1 rings (SSSR count). The molecule has 2 nitrogen and oxygen atoms in total. The van der Waals surface area contributed by atoms with Gasteiger partial charge in [0.15, 0.2) is 0 Å². The quantitative estimate of drug-likeness (QED) is 0.468. The fourth-order valence-electron chi connectivity index (χ4n) is 0.603. The molecule has 1 heterocycles. The summed E-state index contributed by atoms with van der Waals surface area (Å²) >= 11 is 0. The zero-order valence-electron chi connectivity index (χ0n) is 5.54. The number of nitrogens with zero attached hydrogens (tertiary/aromatic N) is 2. The van der Waals surface area contributed by atoms with Gasteiger partial charge in [0.1, 0.15) is 6.67 Å². The van der Waals surface area contributed by atoms with Gasteiger partial charge >= 0.3 is 0 Å². The Morgan fingerprint density at radius 2 is 2.56 bits per heavy atom. The van der Waals surface area contributed by atoms with E-state index in [1.54, 1.807) is 6.21 Å². The third kappa shape index (κ3) is 1.42. The number of hydrogen-bond acceptors (Lipinski definition) is 2. The first-order chi connectivity index (χ1) is 4.30. The van der Waals surface area contributed by atoms with E-state index in [4.69, 9.17) is 0 Å². The summed E-state index contributed by atoms with van der Waals surface area (Å²) in [5.74, 6) is 0. The Morgan fingerprint density at radius 1 is 1.78 bits per heavy atom. The molecule has 2 heteroatoms. The van der Waals surface area contributed by atoms with Gasteiger partial charge in [-0.1, -0.05) is 6.58 Å². The molecule has 0 saturated carbocycles. The Bertz CT molecular complexity index is 168. The molecule has 0 amide bonds. The molecular formula is C7H10N2. The van der Waals surface area contributed by atoms with Crippen molar-refractivity contribution >= 4 is 6.21 Å². The molecule has 9 heavy (non-hydrogen) atoms. The number of rotatable bonds is 0. The predicted molar refractivity (Wildman–Crippen MR) is 39.4 cm³/mol. The second kappa shape index (κ2) is 2.49. The van der Waals surface area contributed by atoms with Crippen molar-refractivity contribution in [3.63, 3.8) is 0 Å². The topological polar surface area (TPSA) is 15.6 Å². The zero-order chi connectivity index (χ0) is 6.69. The number of hydrogen-bond donors (Lipinski definition) is 0. The molecule has 0 saturated heterocycles. The fraction of sp³-hybridized carbons (Fsp3) is 0.286. The van der Waals surface area contributed by atoms with E-state index in [2.05, 4.69) is 11.6 Å². The first-order valence-corrected chi connectivity index (χ1v) is 2.87. The van der Waals surface area contributed by atoms with Crippen LogP contribution in [0.1, 0.15) is 0 Å². The van der Waals surface area contributed by atoms with Gasteiger partial charge in [-0.2, -0.15) is 0 Å². The smallest absolute Gasteiger partial charge is 0.109 e. The van der Waals surface area contributed by atoms with Crippen LogP contribution in [0.15, 0.2) is 29.4 Å². The summed E-state index contributed by atoms with van der Waals surface area (Å²) in [6.07, 6.45) is 5.62. The highest BCUT2D eigenvalue weighted by molar-refractivity contribution is 5.72. The van der Waals surface area contributed by atoms with Crippen molar-refractivity contribution in [2.24, 2.45) is 4.99 Å². The summed E-state index contributed by atoms with van der Waals surface area (Å²) in [5, 5.41) is 0. The minimum absolute atomic E-state index is 0.714. The molecule has 0 spiro atoms. The van der Waals surface area contributed by atoms with E-state index in [0.29, 0.717) is 6.67 Å². The molecule has 0 radical (unpaired) electrons. The lowest BCUT2D eigenvalue weighted by Gasteiger charge is -2.13. The maximum absolute atomic E-state index is 4.06. The molecule has 0 aromatic heterocycles. The second-order valence-corrected chi connectivity index (χ2v) is 2.02. The Kier molecular flexibility index (Phi) is 1.68. The van der Waals surface area contributed by atoms with Gasteiger partial charge in [-0.25, -0.2) is 0 Å². The first kappa shape index (κ1) is 6.08. The lowest BCUT2D eigenvalue weighted by molar-refractivity contribution is 0.451. The fourth-order valence-corrected chi connectivity index (χ4v) is 0.603. The van der Waals surface area contributed by atoms with Gasteiger partial charge in [0.25, 0.3) is 0 Å². The third-order valence-electron chi connectivity index (χ3n) is 1.26. The van der Waals surface area contributed by atoms with E-state index in [1.165, 1.54) is 0 Å². The van der Waals surface area contributed by atoms with Crippen molar-refractivity contribution in [3.05, 3.63) is 24.4 Å². The van der Waals surface area contributed by atoms with Gasteiger partial charge in [0.2, 0.25) is 0 Å². The van der Waals surface area contributed by atoms with Crippen LogP contribution in [0.3, 0.4) is 0 Å². The van der Waals surface area contributed by atoms with Crippen LogP contribution < -0.4 is 0 Å². The SMILES string of the molecule is C=C1C=CC=NCN1C. The Morgan fingerprint density at radius 3 is 3.33 bits per heavy atom.